The van der Waals surface area contributed by atoms with E-state index in [4.69, 9.17) is 22.6 Å². The molecular formula is C16H14ClN5O2S. The highest BCUT2D eigenvalue weighted by Crippen LogP contribution is 2.32. The van der Waals surface area contributed by atoms with Crippen LogP contribution in [0.25, 0.3) is 10.4 Å². The van der Waals surface area contributed by atoms with Gasteiger partial charge in [0.2, 0.25) is 11.8 Å². The van der Waals surface area contributed by atoms with Gasteiger partial charge in [0.15, 0.2) is 11.3 Å². The van der Waals surface area contributed by atoms with E-state index in [0.717, 1.165) is 10.4 Å². The number of nitriles is 1. The van der Waals surface area contributed by atoms with Gasteiger partial charge in [0.1, 0.15) is 0 Å². The number of nitrogens with zero attached hydrogens (tertiary/aromatic N) is 3. The van der Waals surface area contributed by atoms with Crippen molar-refractivity contribution in [2.75, 3.05) is 18.4 Å². The number of anilines is 1. The van der Waals surface area contributed by atoms with Gasteiger partial charge in [-0.15, -0.1) is 0 Å². The van der Waals surface area contributed by atoms with E-state index in [1.54, 1.807) is 29.3 Å². The number of rotatable bonds is 4. The van der Waals surface area contributed by atoms with Gasteiger partial charge in [-0.3, -0.25) is 9.59 Å². The first kappa shape index (κ1) is 17.2. The Balaban J connectivity index is 1.73. The van der Waals surface area contributed by atoms with Crippen molar-refractivity contribution in [2.45, 2.75) is 6.42 Å². The Labute approximate surface area is 153 Å². The minimum atomic E-state index is -0.604. The zero-order valence-corrected chi connectivity index (χ0v) is 14.6. The molecule has 1 aromatic heterocycles. The van der Waals surface area contributed by atoms with Crippen LogP contribution in [0.1, 0.15) is 16.8 Å². The van der Waals surface area contributed by atoms with Crippen LogP contribution in [-0.4, -0.2) is 34.8 Å². The summed E-state index contributed by atoms with van der Waals surface area (Å²) in [6, 6.07) is 4.96. The highest BCUT2D eigenvalue weighted by atomic mass is 35.5. The van der Waals surface area contributed by atoms with Crippen molar-refractivity contribution in [1.29, 1.82) is 5.26 Å². The zero-order chi connectivity index (χ0) is 18.0. The van der Waals surface area contributed by atoms with Crippen molar-refractivity contribution in [3.8, 4) is 16.6 Å². The number of carbonyl (C=O) groups is 2. The van der Waals surface area contributed by atoms with Crippen LogP contribution in [0.5, 0.6) is 0 Å². The van der Waals surface area contributed by atoms with Crippen molar-refractivity contribution >= 4 is 39.9 Å². The molecule has 0 aliphatic carbocycles. The summed E-state index contributed by atoms with van der Waals surface area (Å²) in [5.74, 6) is -0.968. The number of likely N-dealkylation sites (tertiary alicyclic amines) is 1. The topological polar surface area (TPSA) is 112 Å². The van der Waals surface area contributed by atoms with Gasteiger partial charge in [0, 0.05) is 19.3 Å². The molecule has 2 amide bonds. The van der Waals surface area contributed by atoms with Gasteiger partial charge in [-0.05, 0) is 24.1 Å². The van der Waals surface area contributed by atoms with Gasteiger partial charge < -0.3 is 16.0 Å². The maximum atomic E-state index is 12.3. The van der Waals surface area contributed by atoms with Gasteiger partial charge in [0.25, 0.3) is 0 Å². The number of benzene rings is 1. The first-order valence-electron chi connectivity index (χ1n) is 7.49. The second-order valence-corrected chi connectivity index (χ2v) is 7.05. The van der Waals surface area contributed by atoms with Gasteiger partial charge in [-0.1, -0.05) is 29.0 Å². The molecule has 0 spiro atoms. The van der Waals surface area contributed by atoms with E-state index in [0.29, 0.717) is 24.6 Å². The highest BCUT2D eigenvalue weighted by molar-refractivity contribution is 7.19. The van der Waals surface area contributed by atoms with Crippen LogP contribution in [0, 0.1) is 17.4 Å². The second-order valence-electron chi connectivity index (χ2n) is 5.61. The van der Waals surface area contributed by atoms with Crippen molar-refractivity contribution < 1.29 is 9.59 Å². The molecule has 128 valence electrons. The average Bonchev–Trinajstić information content (AvgIpc) is 3.24. The van der Waals surface area contributed by atoms with Crippen LogP contribution in [0.3, 0.4) is 0 Å². The Morgan fingerprint density at radius 1 is 1.48 bits per heavy atom. The van der Waals surface area contributed by atoms with Crippen molar-refractivity contribution in [3.63, 3.8) is 0 Å². The summed E-state index contributed by atoms with van der Waals surface area (Å²) >= 11 is 7.24. The molecule has 9 heteroatoms. The second kappa shape index (κ2) is 7.09. The summed E-state index contributed by atoms with van der Waals surface area (Å²) in [5, 5.41) is 12.4. The number of thiazole rings is 1. The van der Waals surface area contributed by atoms with Crippen LogP contribution < -0.4 is 11.1 Å². The van der Waals surface area contributed by atoms with E-state index >= 15 is 0 Å². The molecule has 1 saturated heterocycles. The molecule has 0 bridgehead atoms. The molecule has 3 N–H and O–H groups in total. The summed E-state index contributed by atoms with van der Waals surface area (Å²) in [4.78, 5) is 30.2. The first-order chi connectivity index (χ1) is 12.0. The third-order valence-corrected chi connectivity index (χ3v) is 5.24. The minimum absolute atomic E-state index is 0.146. The van der Waals surface area contributed by atoms with E-state index in [2.05, 4.69) is 10.3 Å². The Hall–Kier alpha value is -2.63. The third kappa shape index (κ3) is 3.73. The fourth-order valence-corrected chi connectivity index (χ4v) is 3.63. The number of hydrogen-bond acceptors (Lipinski definition) is 6. The zero-order valence-electron chi connectivity index (χ0n) is 13.0. The van der Waals surface area contributed by atoms with Crippen LogP contribution in [0.2, 0.25) is 5.02 Å². The molecule has 1 fully saturated rings. The molecule has 0 radical (unpaired) electrons. The maximum absolute atomic E-state index is 12.3. The summed E-state index contributed by atoms with van der Waals surface area (Å²) in [7, 11) is 0. The molecule has 0 unspecified atom stereocenters. The summed E-state index contributed by atoms with van der Waals surface area (Å²) < 4.78 is 0. The fraction of sp³-hybridized carbons (Fsp3) is 0.250. The number of nitrogens with two attached hydrogens (primary N) is 1. The maximum Gasteiger partial charge on any atom is 0.250 e. The molecule has 1 aromatic carbocycles. The van der Waals surface area contributed by atoms with Crippen LogP contribution in [0.15, 0.2) is 24.4 Å². The van der Waals surface area contributed by atoms with E-state index < -0.39 is 5.91 Å². The van der Waals surface area contributed by atoms with Crippen molar-refractivity contribution in [1.82, 2.24) is 9.88 Å². The van der Waals surface area contributed by atoms with Gasteiger partial charge in [-0.2, -0.15) is 5.26 Å². The number of nitrogens with one attached hydrogen (secondary N) is 1. The number of amides is 2. The Morgan fingerprint density at radius 2 is 2.28 bits per heavy atom. The molecule has 2 heterocycles. The molecular weight excluding hydrogens is 362 g/mol. The highest BCUT2D eigenvalue weighted by Gasteiger charge is 2.28. The van der Waals surface area contributed by atoms with Crippen LogP contribution in [-0.2, 0) is 4.79 Å². The number of primary amides is 1. The molecule has 7 nitrogen and oxygen atoms in total. The first-order valence-corrected chi connectivity index (χ1v) is 8.68. The van der Waals surface area contributed by atoms with E-state index in [-0.39, 0.29) is 22.4 Å². The summed E-state index contributed by atoms with van der Waals surface area (Å²) in [6.07, 6.45) is 4.31. The van der Waals surface area contributed by atoms with E-state index in [1.165, 1.54) is 11.3 Å². The fourth-order valence-electron chi connectivity index (χ4n) is 2.61. The Morgan fingerprint density at radius 3 is 2.96 bits per heavy atom. The monoisotopic (exact) mass is 375 g/mol. The molecule has 1 atom stereocenters. The molecule has 25 heavy (non-hydrogen) atoms. The third-order valence-electron chi connectivity index (χ3n) is 3.95. The standard InChI is InChI=1S/C16H14ClN5O2S/c17-12-2-1-9(5-11(12)14(19)23)13-6-20-16(25-13)21-15(24)10-3-4-22(7-10)8-18/h1-2,5-6,10H,3-4,7H2,(H2,19,23)(H,20,21,24)/t10-/m0/s1. The number of carbonyl (C=O) groups excluding carboxylic acids is 2. The predicted octanol–water partition coefficient (Wildman–Crippen LogP) is 2.30. The number of hydrogen-bond donors (Lipinski definition) is 2. The quantitative estimate of drug-likeness (QED) is 0.796. The smallest absolute Gasteiger partial charge is 0.250 e. The lowest BCUT2D eigenvalue weighted by molar-refractivity contribution is -0.119. The summed E-state index contributed by atoms with van der Waals surface area (Å²) in [5.41, 5.74) is 6.29. The number of halogens is 1. The lowest BCUT2D eigenvalue weighted by Crippen LogP contribution is -2.25. The molecule has 1 aliphatic heterocycles. The number of aromatic nitrogens is 1. The molecule has 0 saturated carbocycles. The van der Waals surface area contributed by atoms with Crippen LogP contribution in [0.4, 0.5) is 5.13 Å². The minimum Gasteiger partial charge on any atom is -0.366 e. The lowest BCUT2D eigenvalue weighted by Gasteiger charge is -2.08. The van der Waals surface area contributed by atoms with Crippen molar-refractivity contribution in [2.24, 2.45) is 11.7 Å². The Kier molecular flexibility index (Phi) is 4.88. The Bertz CT molecular complexity index is 876. The van der Waals surface area contributed by atoms with E-state index in [9.17, 15) is 9.59 Å². The molecule has 3 rings (SSSR count). The molecule has 1 aliphatic rings. The van der Waals surface area contributed by atoms with Gasteiger partial charge in [0.05, 0.1) is 21.4 Å². The molecule has 2 aromatic rings. The normalized spacial score (nSPS) is 16.5. The average molecular weight is 376 g/mol. The van der Waals surface area contributed by atoms with Gasteiger partial charge >= 0.3 is 0 Å². The summed E-state index contributed by atoms with van der Waals surface area (Å²) in [6.45, 7) is 1.03. The largest absolute Gasteiger partial charge is 0.366 e. The predicted molar refractivity (Wildman–Crippen MR) is 95.0 cm³/mol. The SMILES string of the molecule is N#CN1CC[C@H](C(=O)Nc2ncc(-c3ccc(Cl)c(C(N)=O)c3)s2)C1. The van der Waals surface area contributed by atoms with Crippen LogP contribution >= 0.6 is 22.9 Å². The van der Waals surface area contributed by atoms with Crippen molar-refractivity contribution in [3.05, 3.63) is 35.0 Å². The van der Waals surface area contributed by atoms with E-state index in [1.807, 2.05) is 6.19 Å². The van der Waals surface area contributed by atoms with Gasteiger partial charge in [-0.25, -0.2) is 4.98 Å². The lowest BCUT2D eigenvalue weighted by atomic mass is 10.1.